The van der Waals surface area contributed by atoms with Gasteiger partial charge in [0.25, 0.3) is 11.2 Å². The molecule has 0 amide bonds. The molecule has 1 aromatic rings. The number of nitrogens with zero attached hydrogens (tertiary/aromatic N) is 2. The van der Waals surface area contributed by atoms with Gasteiger partial charge in [-0.3, -0.25) is 19.7 Å². The summed E-state index contributed by atoms with van der Waals surface area (Å²) in [5, 5.41) is 19.3. The predicted octanol–water partition coefficient (Wildman–Crippen LogP) is 2.08. The van der Waals surface area contributed by atoms with Crippen LogP contribution in [0.15, 0.2) is 15.5 Å². The highest BCUT2D eigenvalue weighted by atomic mass is 79.9. The first kappa shape index (κ1) is 15.4. The van der Waals surface area contributed by atoms with Gasteiger partial charge in [0.1, 0.15) is 0 Å². The molecule has 0 aliphatic rings. The number of pyridine rings is 1. The summed E-state index contributed by atoms with van der Waals surface area (Å²) in [6.07, 6.45) is 2.10. The Bertz CT molecular complexity index is 567. The van der Waals surface area contributed by atoms with Crippen molar-refractivity contribution in [3.05, 3.63) is 36.7 Å². The zero-order valence-corrected chi connectivity index (χ0v) is 11.8. The van der Waals surface area contributed by atoms with Gasteiger partial charge >= 0.3 is 5.97 Å². The molecule has 0 radical (unpaired) electrons. The second-order valence-corrected chi connectivity index (χ2v) is 4.85. The monoisotopic (exact) mass is 332 g/mol. The predicted molar refractivity (Wildman–Crippen MR) is 71.3 cm³/mol. The third-order valence-corrected chi connectivity index (χ3v) is 3.61. The molecule has 1 heterocycles. The second kappa shape index (κ2) is 6.46. The molecule has 0 bridgehead atoms. The Morgan fingerprint density at radius 3 is 2.68 bits per heavy atom. The van der Waals surface area contributed by atoms with Crippen molar-refractivity contribution in [2.24, 2.45) is 0 Å². The highest BCUT2D eigenvalue weighted by molar-refractivity contribution is 9.10. The molecule has 7 nitrogen and oxygen atoms in total. The van der Waals surface area contributed by atoms with Gasteiger partial charge in [-0.2, -0.15) is 0 Å². The van der Waals surface area contributed by atoms with Gasteiger partial charge in [-0.1, -0.05) is 0 Å². The summed E-state index contributed by atoms with van der Waals surface area (Å²) in [5.41, 5.74) is -0.195. The average molecular weight is 333 g/mol. The van der Waals surface area contributed by atoms with Crippen molar-refractivity contribution in [3.63, 3.8) is 0 Å². The minimum Gasteiger partial charge on any atom is -0.481 e. The van der Waals surface area contributed by atoms with E-state index in [4.69, 9.17) is 5.11 Å². The van der Waals surface area contributed by atoms with Crippen molar-refractivity contribution >= 4 is 27.6 Å². The van der Waals surface area contributed by atoms with Gasteiger partial charge in [0, 0.05) is 18.5 Å². The van der Waals surface area contributed by atoms with Crippen molar-refractivity contribution in [1.82, 2.24) is 4.57 Å². The molecule has 1 N–H and O–H groups in total. The number of aryl methyl sites for hydroxylation is 1. The van der Waals surface area contributed by atoms with E-state index in [9.17, 15) is 19.7 Å². The lowest BCUT2D eigenvalue weighted by atomic mass is 10.2. The number of hydrogen-bond acceptors (Lipinski definition) is 4. The number of carboxylic acid groups (broad SMARTS) is 1. The topological polar surface area (TPSA) is 102 Å². The van der Waals surface area contributed by atoms with Gasteiger partial charge in [0.05, 0.1) is 15.6 Å². The number of nitro groups is 1. The summed E-state index contributed by atoms with van der Waals surface area (Å²) in [6.45, 7) is 1.75. The van der Waals surface area contributed by atoms with Gasteiger partial charge in [-0.25, -0.2) is 0 Å². The summed E-state index contributed by atoms with van der Waals surface area (Å²) in [6, 6.07) is 0. The van der Waals surface area contributed by atoms with Crippen molar-refractivity contribution in [1.29, 1.82) is 0 Å². The average Bonchev–Trinajstić information content (AvgIpc) is 2.33. The zero-order chi connectivity index (χ0) is 14.6. The van der Waals surface area contributed by atoms with E-state index in [-0.39, 0.29) is 34.2 Å². The van der Waals surface area contributed by atoms with E-state index in [2.05, 4.69) is 15.9 Å². The van der Waals surface area contributed by atoms with Gasteiger partial charge < -0.3 is 9.67 Å². The fourth-order valence-electron chi connectivity index (χ4n) is 1.61. The Balaban J connectivity index is 2.92. The molecular formula is C11H13BrN2O5. The number of aromatic nitrogens is 1. The number of rotatable bonds is 6. The Labute approximate surface area is 117 Å². The maximum absolute atomic E-state index is 11.9. The number of aliphatic carboxylic acids is 1. The van der Waals surface area contributed by atoms with Crippen LogP contribution in [0, 0.1) is 17.0 Å². The molecule has 0 unspecified atom stereocenters. The van der Waals surface area contributed by atoms with Crippen LogP contribution in [0.25, 0.3) is 0 Å². The van der Waals surface area contributed by atoms with Crippen LogP contribution < -0.4 is 5.56 Å². The molecule has 8 heteroatoms. The number of hydrogen-bond donors (Lipinski definition) is 1. The third kappa shape index (κ3) is 3.88. The molecule has 0 saturated heterocycles. The van der Waals surface area contributed by atoms with E-state index in [1.54, 1.807) is 0 Å². The Morgan fingerprint density at radius 1 is 1.53 bits per heavy atom. The number of carboxylic acids is 1. The lowest BCUT2D eigenvalue weighted by Gasteiger charge is -2.08. The van der Waals surface area contributed by atoms with Crippen LogP contribution in [0.1, 0.15) is 24.8 Å². The van der Waals surface area contributed by atoms with Crippen molar-refractivity contribution in [2.75, 3.05) is 0 Å². The Morgan fingerprint density at radius 2 is 2.16 bits per heavy atom. The molecular weight excluding hydrogens is 320 g/mol. The highest BCUT2D eigenvalue weighted by Gasteiger charge is 2.18. The summed E-state index contributed by atoms with van der Waals surface area (Å²) in [5.74, 6) is -0.900. The third-order valence-electron chi connectivity index (χ3n) is 2.68. The van der Waals surface area contributed by atoms with E-state index in [0.717, 1.165) is 0 Å². The van der Waals surface area contributed by atoms with Crippen LogP contribution in [0.4, 0.5) is 5.69 Å². The van der Waals surface area contributed by atoms with E-state index >= 15 is 0 Å². The minimum atomic E-state index is -0.900. The quantitative estimate of drug-likeness (QED) is 0.488. The van der Waals surface area contributed by atoms with Crippen LogP contribution in [0.2, 0.25) is 0 Å². The fraction of sp³-hybridized carbons (Fsp3) is 0.455. The molecule has 0 atom stereocenters. The summed E-state index contributed by atoms with van der Waals surface area (Å²) < 4.78 is 1.40. The summed E-state index contributed by atoms with van der Waals surface area (Å²) >= 11 is 3.05. The first-order chi connectivity index (χ1) is 8.84. The maximum atomic E-state index is 11.9. The largest absolute Gasteiger partial charge is 0.481 e. The molecule has 1 rings (SSSR count). The van der Waals surface area contributed by atoms with Crippen LogP contribution >= 0.6 is 15.9 Å². The van der Waals surface area contributed by atoms with Crippen LogP contribution in [-0.2, 0) is 11.3 Å². The van der Waals surface area contributed by atoms with Crippen molar-refractivity contribution in [3.8, 4) is 0 Å². The molecule has 0 saturated carbocycles. The first-order valence-electron chi connectivity index (χ1n) is 5.60. The van der Waals surface area contributed by atoms with Gasteiger partial charge in [-0.15, -0.1) is 0 Å². The Kier molecular flexibility index (Phi) is 5.22. The zero-order valence-electron chi connectivity index (χ0n) is 10.3. The number of halogens is 1. The summed E-state index contributed by atoms with van der Waals surface area (Å²) in [4.78, 5) is 32.5. The normalized spacial score (nSPS) is 10.4. The molecule has 1 aromatic heterocycles. The number of carbonyl (C=O) groups is 1. The lowest BCUT2D eigenvalue weighted by Crippen LogP contribution is -2.22. The number of unbranched alkanes of at least 4 members (excludes halogenated alkanes) is 1. The van der Waals surface area contributed by atoms with E-state index < -0.39 is 10.9 Å². The van der Waals surface area contributed by atoms with Crippen LogP contribution in [0.3, 0.4) is 0 Å². The summed E-state index contributed by atoms with van der Waals surface area (Å²) in [7, 11) is 0. The first-order valence-corrected chi connectivity index (χ1v) is 6.39. The van der Waals surface area contributed by atoms with Crippen LogP contribution in [0.5, 0.6) is 0 Å². The molecule has 0 spiro atoms. The molecule has 0 aliphatic heterocycles. The molecule has 0 fully saturated rings. The van der Waals surface area contributed by atoms with E-state index in [1.807, 2.05) is 0 Å². The highest BCUT2D eigenvalue weighted by Crippen LogP contribution is 2.22. The standard InChI is InChI=1S/C11H13BrN2O5/c1-7-8(14(18)19)6-13(11(17)10(7)12)5-3-2-4-9(15)16/h6H,2-5H2,1H3,(H,15,16). The van der Waals surface area contributed by atoms with Crippen molar-refractivity contribution in [2.45, 2.75) is 32.7 Å². The fourth-order valence-corrected chi connectivity index (χ4v) is 2.04. The van der Waals surface area contributed by atoms with E-state index in [1.165, 1.54) is 17.7 Å². The minimum absolute atomic E-state index is 0.0177. The van der Waals surface area contributed by atoms with Gasteiger partial charge in [-0.05, 0) is 35.7 Å². The van der Waals surface area contributed by atoms with Gasteiger partial charge in [0.15, 0.2) is 0 Å². The van der Waals surface area contributed by atoms with E-state index in [0.29, 0.717) is 12.8 Å². The van der Waals surface area contributed by atoms with Gasteiger partial charge in [0.2, 0.25) is 0 Å². The SMILES string of the molecule is Cc1c([N+](=O)[O-])cn(CCCCC(=O)O)c(=O)c1Br. The smallest absolute Gasteiger partial charge is 0.303 e. The Hall–Kier alpha value is -1.70. The molecule has 104 valence electrons. The van der Waals surface area contributed by atoms with Crippen molar-refractivity contribution < 1.29 is 14.8 Å². The maximum Gasteiger partial charge on any atom is 0.303 e. The second-order valence-electron chi connectivity index (χ2n) is 4.06. The molecule has 19 heavy (non-hydrogen) atoms. The lowest BCUT2D eigenvalue weighted by molar-refractivity contribution is -0.386. The molecule has 0 aromatic carbocycles. The molecule has 0 aliphatic carbocycles. The van der Waals surface area contributed by atoms with Crippen LogP contribution in [-0.4, -0.2) is 20.6 Å².